The Morgan fingerprint density at radius 1 is 0.300 bits per heavy atom. The Balaban J connectivity index is -0.0000000828. The van der Waals surface area contributed by atoms with Crippen LogP contribution in [0.1, 0.15) is 158 Å². The Labute approximate surface area is 365 Å². The zero-order valence-corrected chi connectivity index (χ0v) is 43.0. The summed E-state index contributed by atoms with van der Waals surface area (Å²) < 4.78 is 2.84. The zero-order valence-electron chi connectivity index (χ0n) is 32.6. The number of hydrogen-bond donors (Lipinski definition) is 0. The van der Waals surface area contributed by atoms with Crippen molar-refractivity contribution in [2.24, 2.45) is 0 Å². The largest absolute Gasteiger partial charge is 3.00 e. The molecule has 0 radical (unpaired) electrons. The van der Waals surface area contributed by atoms with Gasteiger partial charge in [-0.2, -0.15) is 26.0 Å². The topological polar surface area (TPSA) is 85.3 Å². The van der Waals surface area contributed by atoms with Gasteiger partial charge in [0, 0.05) is 0 Å². The van der Waals surface area contributed by atoms with Gasteiger partial charge in [-0.25, -0.2) is 0 Å². The van der Waals surface area contributed by atoms with Crippen molar-refractivity contribution in [2.45, 2.75) is 158 Å². The monoisotopic (exact) mass is 1210 g/mol. The molecule has 0 saturated carbocycles. The zero-order chi connectivity index (χ0) is 39.5. The fraction of sp³-hybridized carbons (Fsp3) is 0.865. The van der Waals surface area contributed by atoms with E-state index in [0.29, 0.717) is 0 Å². The molecule has 0 spiro atoms. The van der Waals surface area contributed by atoms with Crippen LogP contribution in [0.4, 0.5) is 0 Å². The molecule has 304 valence electrons. The van der Waals surface area contributed by atoms with Crippen molar-refractivity contribution in [2.75, 3.05) is 52.4 Å². The van der Waals surface area contributed by atoms with E-state index in [9.17, 15) is 0 Å². The molecule has 0 aromatic carbocycles. The summed E-state index contributed by atoms with van der Waals surface area (Å²) in [5.41, 5.74) is 0. The van der Waals surface area contributed by atoms with E-state index in [-0.39, 0.29) is 20.1 Å². The molecule has 0 unspecified atom stereocenters. The molecule has 0 heterocycles. The summed E-state index contributed by atoms with van der Waals surface area (Å²) in [6.07, 6.45) is 22.1. The second-order valence-corrected chi connectivity index (χ2v) is 13.3. The van der Waals surface area contributed by atoms with E-state index in [1.54, 1.807) is 0 Å². The first kappa shape index (κ1) is 69.2. The van der Waals surface area contributed by atoms with Gasteiger partial charge in [0.05, 0.1) is 52.4 Å². The van der Waals surface area contributed by atoms with E-state index in [1.165, 1.54) is 190 Å². The number of carbonyl (C=O) groups excluding carboxylic acids is 5. The van der Waals surface area contributed by atoms with Gasteiger partial charge in [0.2, 0.25) is 0 Å². The fourth-order valence-corrected chi connectivity index (χ4v) is 5.29. The Morgan fingerprint density at radius 3 is 0.440 bits per heavy atom. The van der Waals surface area contributed by atoms with E-state index in [1.807, 2.05) is 0 Å². The number of halogens is 5. The molecule has 50 heavy (non-hydrogen) atoms. The summed E-state index contributed by atoms with van der Waals surface area (Å²) >= 11 is 11.7. The van der Waals surface area contributed by atoms with Gasteiger partial charge in [0.25, 0.3) is 0 Å². The molecule has 0 amide bonds. The molecule has 0 N–H and O–H groups in total. The second-order valence-electron chi connectivity index (χ2n) is 11.7. The molecule has 0 rings (SSSR count). The first-order chi connectivity index (χ1) is 23.6. The van der Waals surface area contributed by atoms with Crippen LogP contribution in [0.2, 0.25) is 0 Å². The van der Waals surface area contributed by atoms with Crippen LogP contribution < -0.4 is 0 Å². The van der Waals surface area contributed by atoms with Crippen molar-refractivity contribution in [3.63, 3.8) is 0 Å². The molecule has 0 atom stereocenters. The first-order valence-corrected chi connectivity index (χ1v) is 22.1. The summed E-state index contributed by atoms with van der Waals surface area (Å²) in [4.78, 5) is 43.0. The van der Waals surface area contributed by atoms with Gasteiger partial charge in [0.15, 0.2) is 0 Å². The van der Waals surface area contributed by atoms with E-state index < -0.39 is 0 Å². The van der Waals surface area contributed by atoms with Crippen molar-refractivity contribution >= 4 is 106 Å². The van der Waals surface area contributed by atoms with Gasteiger partial charge in [-0.1, -0.05) is 107 Å². The quantitative estimate of drug-likeness (QED) is 0.0546. The van der Waals surface area contributed by atoms with Crippen LogP contribution in [0.3, 0.4) is 0 Å². The molecule has 0 aliphatic carbocycles. The summed E-state index contributed by atoms with van der Waals surface area (Å²) in [7, 11) is 0. The molecule has 0 aromatic heterocycles. The minimum atomic E-state index is 0. The van der Waals surface area contributed by atoms with Crippen molar-refractivity contribution < 1.29 is 53.0 Å². The Bertz CT molecular complexity index is 483. The third-order valence-corrected chi connectivity index (χ3v) is 7.89. The minimum absolute atomic E-state index is 0. The number of unbranched alkanes of at least 4 members (excludes halogenated alkanes) is 8. The molecule has 0 aliphatic heterocycles. The molecule has 7 nitrogen and oxygen atoms in total. The van der Waals surface area contributed by atoms with E-state index in [4.69, 9.17) is 24.0 Å². The predicted molar refractivity (Wildman–Crippen MR) is 232 cm³/mol. The predicted octanol–water partition coefficient (Wildman–Crippen LogP) is 12.2. The summed E-state index contributed by atoms with van der Waals surface area (Å²) in [5.74, 6) is 0. The van der Waals surface area contributed by atoms with Crippen LogP contribution in [0.15, 0.2) is 0 Å². The van der Waals surface area contributed by atoms with Gasteiger partial charge in [-0.15, -0.1) is 0 Å². The van der Waals surface area contributed by atoms with Gasteiger partial charge >= 0.3 is 20.1 Å². The third-order valence-electron chi connectivity index (χ3n) is 7.89. The Hall–Kier alpha value is 1.32. The molecule has 13 heteroatoms. The number of nitrogens with zero attached hydrogens (tertiary/aromatic N) is 2. The summed E-state index contributed by atoms with van der Waals surface area (Å²) in [5, 5.41) is 6.56. The van der Waals surface area contributed by atoms with Gasteiger partial charge in [0.1, 0.15) is 0 Å². The molecule has 0 aromatic rings. The van der Waals surface area contributed by atoms with E-state index in [2.05, 4.69) is 135 Å². The van der Waals surface area contributed by atoms with Gasteiger partial charge in [-0.05, 0) is 51.4 Å². The average Bonchev–Trinajstić information content (AvgIpc) is 3.09. The maximum Gasteiger partial charge on any atom is 3.00 e. The molecule has 0 aliphatic rings. The van der Waals surface area contributed by atoms with Crippen molar-refractivity contribution in [3.8, 4) is 0 Å². The first-order valence-electron chi connectivity index (χ1n) is 18.2. The van der Waals surface area contributed by atoms with E-state index >= 15 is 0 Å². The van der Waals surface area contributed by atoms with Crippen LogP contribution in [-0.2, 0) is 44.1 Å². The third kappa shape index (κ3) is 67.4. The standard InChI is InChI=1S/2C16H36N.5CBrO.Ir/c2*1-5-9-13-17(14-10-6-2,15-11-7-3)16-12-8-4;5*2-1-3;/h2*5-16H2,1-4H3;;;;;;/q2*+1;5*-1;+3. The number of rotatable bonds is 24. The van der Waals surface area contributed by atoms with Crippen LogP contribution in [0, 0.1) is 0 Å². The average molecular weight is 1220 g/mol. The smallest absolute Gasteiger partial charge is 0.530 e. The summed E-state index contributed by atoms with van der Waals surface area (Å²) in [6.45, 7) is 30.0. The molecule has 0 saturated heterocycles. The van der Waals surface area contributed by atoms with Crippen LogP contribution in [0.5, 0.6) is 0 Å². The van der Waals surface area contributed by atoms with Crippen LogP contribution in [0.25, 0.3) is 0 Å². The summed E-state index contributed by atoms with van der Waals surface area (Å²) in [6, 6.07) is 0. The normalized spacial score (nSPS) is 9.46. The van der Waals surface area contributed by atoms with Crippen molar-refractivity contribution in [1.29, 1.82) is 0 Å². The van der Waals surface area contributed by atoms with E-state index in [0.717, 1.165) is 0 Å². The molecular formula is C37H72Br5IrN2O5. The van der Waals surface area contributed by atoms with Gasteiger partial charge in [-0.3, -0.25) is 79.6 Å². The molecular weight excluding hydrogens is 1140 g/mol. The Morgan fingerprint density at radius 2 is 0.380 bits per heavy atom. The van der Waals surface area contributed by atoms with Crippen molar-refractivity contribution in [3.05, 3.63) is 0 Å². The van der Waals surface area contributed by atoms with Crippen molar-refractivity contribution in [1.82, 2.24) is 0 Å². The van der Waals surface area contributed by atoms with Crippen LogP contribution in [-0.4, -0.2) is 87.3 Å². The maximum absolute atomic E-state index is 8.60. The second kappa shape index (κ2) is 68.3. The Kier molecular flexibility index (Phi) is 94.6. The fourth-order valence-electron chi connectivity index (χ4n) is 5.29. The maximum atomic E-state index is 8.60. The minimum Gasteiger partial charge on any atom is -0.530 e. The molecule has 0 fully saturated rings. The number of quaternary nitrogens is 2. The van der Waals surface area contributed by atoms with Crippen LogP contribution >= 0.6 is 79.6 Å². The number of hydrogen-bond acceptors (Lipinski definition) is 5. The van der Waals surface area contributed by atoms with Gasteiger partial charge < -0.3 is 32.9 Å². The molecule has 0 bridgehead atoms. The SMILES string of the molecule is CCCC[N+](CCCC)(CCCC)CCCC.CCCC[N+](CCCC)(CCCC)CCCC.O=[C-]Br.O=[C-]Br.O=[C-]Br.O=[C-]Br.O=[C-]Br.[Ir+3].